The van der Waals surface area contributed by atoms with Crippen LogP contribution in [0, 0.1) is 5.39 Å². The number of diazo groups is 1. The minimum absolute atomic E-state index is 0.346. The lowest BCUT2D eigenvalue weighted by molar-refractivity contribution is 0.419. The molecule has 0 saturated heterocycles. The number of anilines is 1. The molecule has 2 aromatic rings. The molecule has 0 heterocycles. The molecule has 2 aromatic carbocycles. The molecular weight excluding hydrogens is 214 g/mol. The van der Waals surface area contributed by atoms with Crippen molar-refractivity contribution in [2.24, 2.45) is 0 Å². The van der Waals surface area contributed by atoms with Crippen molar-refractivity contribution in [3.8, 4) is 16.9 Å². The molecule has 0 aromatic heterocycles. The second kappa shape index (κ2) is 4.54. The Bertz CT molecular complexity index is 573. The summed E-state index contributed by atoms with van der Waals surface area (Å²) in [4.78, 5) is 3.27. The average molecular weight is 226 g/mol. The van der Waals surface area contributed by atoms with Crippen LogP contribution >= 0.6 is 0 Å². The lowest BCUT2D eigenvalue weighted by atomic mass is 10.0. The van der Waals surface area contributed by atoms with E-state index in [2.05, 4.69) is 4.98 Å². The number of nitrogens with two attached hydrogens (primary N) is 1. The summed E-state index contributed by atoms with van der Waals surface area (Å²) >= 11 is 0. The van der Waals surface area contributed by atoms with Crippen LogP contribution in [-0.2, 0) is 0 Å². The minimum Gasteiger partial charge on any atom is -0.488 e. The van der Waals surface area contributed by atoms with Crippen molar-refractivity contribution in [3.05, 3.63) is 47.4 Å². The van der Waals surface area contributed by atoms with Crippen molar-refractivity contribution in [1.29, 1.82) is 5.39 Å². The Hall–Kier alpha value is -2.54. The van der Waals surface area contributed by atoms with E-state index in [4.69, 9.17) is 15.9 Å². The molecule has 0 spiro atoms. The van der Waals surface area contributed by atoms with Gasteiger partial charge in [0.05, 0.1) is 18.4 Å². The number of benzene rings is 2. The van der Waals surface area contributed by atoms with Gasteiger partial charge in [0.1, 0.15) is 0 Å². The summed E-state index contributed by atoms with van der Waals surface area (Å²) in [5.74, 6) is 0.383. The summed E-state index contributed by atoms with van der Waals surface area (Å²) in [6.07, 6.45) is 0. The van der Waals surface area contributed by atoms with Gasteiger partial charge in [0.15, 0.2) is 4.98 Å². The number of ether oxygens (including phenoxy) is 1. The Labute approximate surface area is 99.3 Å². The van der Waals surface area contributed by atoms with Crippen LogP contribution in [0.25, 0.3) is 16.1 Å². The summed E-state index contributed by atoms with van der Waals surface area (Å²) < 4.78 is 5.15. The Kier molecular flexibility index (Phi) is 2.93. The van der Waals surface area contributed by atoms with Gasteiger partial charge >= 0.3 is 5.69 Å². The van der Waals surface area contributed by atoms with E-state index in [1.165, 1.54) is 7.11 Å². The van der Waals surface area contributed by atoms with Crippen LogP contribution in [0.2, 0.25) is 0 Å². The standard InChI is InChI=1S/C13H12N3O/c1-17-13-11(14)8-7-10(12(13)16-15)9-5-3-2-4-6-9/h2-8H,14H2,1H3/q+1. The van der Waals surface area contributed by atoms with Gasteiger partial charge in [-0.05, 0) is 17.7 Å². The van der Waals surface area contributed by atoms with E-state index < -0.39 is 0 Å². The number of nitrogens with zero attached hydrogens (tertiary/aromatic N) is 2. The highest BCUT2D eigenvalue weighted by atomic mass is 16.5. The molecule has 0 radical (unpaired) electrons. The Morgan fingerprint density at radius 2 is 1.82 bits per heavy atom. The summed E-state index contributed by atoms with van der Waals surface area (Å²) in [6, 6.07) is 13.2. The molecule has 2 rings (SSSR count). The first-order chi connectivity index (χ1) is 8.27. The SMILES string of the molecule is COc1c(N)ccc(-c2ccccc2)c1[N+]#N. The zero-order valence-corrected chi connectivity index (χ0v) is 9.42. The fourth-order valence-electron chi connectivity index (χ4n) is 1.75. The van der Waals surface area contributed by atoms with Gasteiger partial charge in [-0.1, -0.05) is 30.3 Å². The van der Waals surface area contributed by atoms with Crippen molar-refractivity contribution >= 4 is 11.4 Å². The molecule has 0 fully saturated rings. The fourth-order valence-corrected chi connectivity index (χ4v) is 1.75. The smallest absolute Gasteiger partial charge is 0.436 e. The third kappa shape index (κ3) is 1.91. The zero-order chi connectivity index (χ0) is 12.3. The zero-order valence-electron chi connectivity index (χ0n) is 9.42. The highest BCUT2D eigenvalue weighted by molar-refractivity contribution is 5.87. The van der Waals surface area contributed by atoms with Crippen LogP contribution < -0.4 is 10.5 Å². The molecule has 0 saturated carbocycles. The van der Waals surface area contributed by atoms with Gasteiger partial charge in [0.25, 0.3) is 0 Å². The number of hydrogen-bond donors (Lipinski definition) is 1. The molecule has 4 nitrogen and oxygen atoms in total. The summed E-state index contributed by atoms with van der Waals surface area (Å²) in [7, 11) is 1.50. The predicted molar refractivity (Wildman–Crippen MR) is 67.6 cm³/mol. The molecule has 0 aliphatic rings. The first-order valence-corrected chi connectivity index (χ1v) is 5.15. The third-order valence-corrected chi connectivity index (χ3v) is 2.55. The van der Waals surface area contributed by atoms with E-state index >= 15 is 0 Å². The quantitative estimate of drug-likeness (QED) is 0.630. The van der Waals surface area contributed by atoms with E-state index in [0.717, 1.165) is 11.1 Å². The van der Waals surface area contributed by atoms with E-state index in [9.17, 15) is 0 Å². The first kappa shape index (κ1) is 11.0. The molecule has 0 unspecified atom stereocenters. The fraction of sp³-hybridized carbons (Fsp3) is 0.0769. The van der Waals surface area contributed by atoms with Crippen molar-refractivity contribution < 1.29 is 4.74 Å². The first-order valence-electron chi connectivity index (χ1n) is 5.15. The lowest BCUT2D eigenvalue weighted by Crippen LogP contribution is -1.93. The molecule has 2 N–H and O–H groups in total. The summed E-state index contributed by atoms with van der Waals surface area (Å²) in [5, 5.41) is 9.11. The van der Waals surface area contributed by atoms with Crippen LogP contribution in [0.15, 0.2) is 42.5 Å². The number of nitrogen functional groups attached to an aromatic ring is 1. The van der Waals surface area contributed by atoms with Crippen LogP contribution in [0.5, 0.6) is 5.75 Å². The maximum Gasteiger partial charge on any atom is 0.436 e. The lowest BCUT2D eigenvalue weighted by Gasteiger charge is -2.04. The van der Waals surface area contributed by atoms with Gasteiger partial charge in [-0.15, -0.1) is 0 Å². The van der Waals surface area contributed by atoms with Gasteiger partial charge in [0, 0.05) is 0 Å². The van der Waals surface area contributed by atoms with E-state index in [0.29, 0.717) is 17.1 Å². The van der Waals surface area contributed by atoms with Crippen molar-refractivity contribution in [1.82, 2.24) is 0 Å². The molecule has 0 aliphatic heterocycles. The minimum atomic E-state index is 0.346. The van der Waals surface area contributed by atoms with E-state index in [-0.39, 0.29) is 0 Å². The van der Waals surface area contributed by atoms with E-state index in [1.54, 1.807) is 6.07 Å². The maximum atomic E-state index is 9.11. The maximum absolute atomic E-state index is 9.11. The Balaban J connectivity index is 2.68. The van der Waals surface area contributed by atoms with Gasteiger partial charge in [-0.3, -0.25) is 0 Å². The van der Waals surface area contributed by atoms with E-state index in [1.807, 2.05) is 36.4 Å². The molecular formula is C13H12N3O+. The second-order valence-corrected chi connectivity index (χ2v) is 3.55. The second-order valence-electron chi connectivity index (χ2n) is 3.55. The largest absolute Gasteiger partial charge is 0.488 e. The highest BCUT2D eigenvalue weighted by Gasteiger charge is 2.24. The highest BCUT2D eigenvalue weighted by Crippen LogP contribution is 2.41. The predicted octanol–water partition coefficient (Wildman–Crippen LogP) is 3.43. The average Bonchev–Trinajstić information content (AvgIpc) is 2.39. The number of methoxy groups -OCH3 is 1. The summed E-state index contributed by atoms with van der Waals surface area (Å²) in [5.41, 5.74) is 8.27. The monoisotopic (exact) mass is 226 g/mol. The topological polar surface area (TPSA) is 63.4 Å². The van der Waals surface area contributed by atoms with Crippen LogP contribution in [0.1, 0.15) is 0 Å². The Morgan fingerprint density at radius 1 is 1.12 bits per heavy atom. The van der Waals surface area contributed by atoms with Crippen molar-refractivity contribution in [2.75, 3.05) is 12.8 Å². The van der Waals surface area contributed by atoms with Crippen molar-refractivity contribution in [3.63, 3.8) is 0 Å². The van der Waals surface area contributed by atoms with Crippen LogP contribution in [-0.4, -0.2) is 7.11 Å². The van der Waals surface area contributed by atoms with Gasteiger partial charge in [-0.25, -0.2) is 0 Å². The third-order valence-electron chi connectivity index (χ3n) is 2.55. The van der Waals surface area contributed by atoms with Crippen LogP contribution in [0.4, 0.5) is 11.4 Å². The molecule has 0 atom stereocenters. The normalized spacial score (nSPS) is 9.65. The Morgan fingerprint density at radius 3 is 2.41 bits per heavy atom. The number of hydrogen-bond acceptors (Lipinski definition) is 3. The van der Waals surface area contributed by atoms with Crippen LogP contribution in [0.3, 0.4) is 0 Å². The molecule has 84 valence electrons. The molecule has 0 bridgehead atoms. The molecule has 0 aliphatic carbocycles. The molecule has 17 heavy (non-hydrogen) atoms. The van der Waals surface area contributed by atoms with Crippen molar-refractivity contribution in [2.45, 2.75) is 0 Å². The van der Waals surface area contributed by atoms with Gasteiger partial charge in [0.2, 0.25) is 11.1 Å². The molecule has 0 amide bonds. The van der Waals surface area contributed by atoms with Gasteiger partial charge < -0.3 is 10.5 Å². The van der Waals surface area contributed by atoms with Gasteiger partial charge in [-0.2, -0.15) is 0 Å². The molecule has 4 heteroatoms. The number of rotatable bonds is 2. The summed E-state index contributed by atoms with van der Waals surface area (Å²) in [6.45, 7) is 0.